The van der Waals surface area contributed by atoms with Crippen LogP contribution in [-0.2, 0) is 0 Å². The highest BCUT2D eigenvalue weighted by Gasteiger charge is 2.20. The number of hydrogen-bond acceptors (Lipinski definition) is 4. The first-order chi connectivity index (χ1) is 11.1. The van der Waals surface area contributed by atoms with Gasteiger partial charge in [0.25, 0.3) is 0 Å². The summed E-state index contributed by atoms with van der Waals surface area (Å²) in [7, 11) is 1.59. The number of ether oxygens (including phenoxy) is 2. The van der Waals surface area contributed by atoms with Crippen molar-refractivity contribution in [2.24, 2.45) is 11.8 Å². The summed E-state index contributed by atoms with van der Waals surface area (Å²) >= 11 is 0. The number of rotatable bonds is 8. The molecule has 0 N–H and O–H groups in total. The van der Waals surface area contributed by atoms with Crippen LogP contribution in [0.1, 0.15) is 43.5 Å². The molecule has 1 aromatic carbocycles. The maximum atomic E-state index is 10.8. The van der Waals surface area contributed by atoms with Gasteiger partial charge in [-0.05, 0) is 55.8 Å². The third-order valence-electron chi connectivity index (χ3n) is 4.39. The van der Waals surface area contributed by atoms with Crippen LogP contribution in [0.3, 0.4) is 0 Å². The normalized spacial score (nSPS) is 21.9. The zero-order valence-electron chi connectivity index (χ0n) is 14.6. The number of carbonyl (C=O) groups is 1. The highest BCUT2D eigenvalue weighted by molar-refractivity contribution is 5.76. The molecule has 1 saturated heterocycles. The summed E-state index contributed by atoms with van der Waals surface area (Å²) < 4.78 is 11.1. The molecule has 0 unspecified atom stereocenters. The maximum Gasteiger partial charge on any atom is 0.161 e. The van der Waals surface area contributed by atoms with E-state index in [0.29, 0.717) is 23.7 Å². The number of likely N-dealkylation sites (tertiary alicyclic amines) is 1. The van der Waals surface area contributed by atoms with Gasteiger partial charge in [-0.1, -0.05) is 13.8 Å². The Hall–Kier alpha value is -1.55. The molecule has 0 bridgehead atoms. The molecule has 1 aliphatic heterocycles. The Kier molecular flexibility index (Phi) is 6.90. The molecule has 1 heterocycles. The Balaban J connectivity index is 1.70. The van der Waals surface area contributed by atoms with Gasteiger partial charge in [0.05, 0.1) is 13.7 Å². The van der Waals surface area contributed by atoms with Crippen molar-refractivity contribution in [1.29, 1.82) is 0 Å². The predicted octanol–water partition coefficient (Wildman–Crippen LogP) is 3.64. The summed E-state index contributed by atoms with van der Waals surface area (Å²) in [5, 5.41) is 0. The van der Waals surface area contributed by atoms with Crippen molar-refractivity contribution in [2.75, 3.05) is 33.4 Å². The average Bonchev–Trinajstić information content (AvgIpc) is 2.53. The molecule has 4 heteroatoms. The third-order valence-corrected chi connectivity index (χ3v) is 4.39. The fourth-order valence-electron chi connectivity index (χ4n) is 3.47. The Labute approximate surface area is 139 Å². The number of methoxy groups -OCH3 is 1. The number of carbonyl (C=O) groups excluding carboxylic acids is 1. The molecule has 1 fully saturated rings. The molecule has 0 aliphatic carbocycles. The maximum absolute atomic E-state index is 10.8. The quantitative estimate of drug-likeness (QED) is 0.541. The summed E-state index contributed by atoms with van der Waals surface area (Å²) in [6, 6.07) is 5.26. The molecular formula is C19H29NO3. The van der Waals surface area contributed by atoms with Crippen molar-refractivity contribution in [3.63, 3.8) is 0 Å². The molecule has 1 aromatic rings. The van der Waals surface area contributed by atoms with Gasteiger partial charge in [0.15, 0.2) is 11.5 Å². The molecule has 2 atom stereocenters. The molecule has 4 nitrogen and oxygen atoms in total. The van der Waals surface area contributed by atoms with E-state index in [1.165, 1.54) is 19.5 Å². The van der Waals surface area contributed by atoms with Gasteiger partial charge in [-0.25, -0.2) is 0 Å². The van der Waals surface area contributed by atoms with Crippen molar-refractivity contribution < 1.29 is 14.3 Å². The molecule has 0 aromatic heterocycles. The number of benzene rings is 1. The lowest BCUT2D eigenvalue weighted by Gasteiger charge is -2.34. The second-order valence-corrected chi connectivity index (χ2v) is 6.79. The summed E-state index contributed by atoms with van der Waals surface area (Å²) in [6.07, 6.45) is 4.34. The number of aldehydes is 1. The van der Waals surface area contributed by atoms with Gasteiger partial charge in [0, 0.05) is 18.7 Å². The first-order valence-corrected chi connectivity index (χ1v) is 8.60. The minimum Gasteiger partial charge on any atom is -0.493 e. The fraction of sp³-hybridized carbons (Fsp3) is 0.632. The van der Waals surface area contributed by atoms with E-state index < -0.39 is 0 Å². The smallest absolute Gasteiger partial charge is 0.161 e. The van der Waals surface area contributed by atoms with Gasteiger partial charge in [-0.3, -0.25) is 4.79 Å². The van der Waals surface area contributed by atoms with E-state index in [1.54, 1.807) is 25.3 Å². The van der Waals surface area contributed by atoms with Gasteiger partial charge in [0.2, 0.25) is 0 Å². The lowest BCUT2D eigenvalue weighted by Crippen LogP contribution is -2.39. The standard InChI is InChI=1S/C19H29NO3/c1-15-10-16(2)13-20(12-15)8-4-5-9-23-18-7-6-17(14-21)11-19(18)22-3/h6-7,11,14-16H,4-5,8-10,12-13H2,1-3H3/t15-,16-/m1/s1. The van der Waals surface area contributed by atoms with Crippen molar-refractivity contribution >= 4 is 6.29 Å². The van der Waals surface area contributed by atoms with Crippen molar-refractivity contribution in [2.45, 2.75) is 33.1 Å². The molecule has 0 amide bonds. The highest BCUT2D eigenvalue weighted by Crippen LogP contribution is 2.27. The first-order valence-electron chi connectivity index (χ1n) is 8.60. The Bertz CT molecular complexity index is 493. The second-order valence-electron chi connectivity index (χ2n) is 6.79. The predicted molar refractivity (Wildman–Crippen MR) is 92.5 cm³/mol. The summed E-state index contributed by atoms with van der Waals surface area (Å²) in [5.74, 6) is 2.96. The van der Waals surface area contributed by atoms with Gasteiger partial charge in [0.1, 0.15) is 6.29 Å². The van der Waals surface area contributed by atoms with Gasteiger partial charge >= 0.3 is 0 Å². The summed E-state index contributed by atoms with van der Waals surface area (Å²) in [4.78, 5) is 13.4. The van der Waals surface area contributed by atoms with Gasteiger partial charge in [-0.2, -0.15) is 0 Å². The van der Waals surface area contributed by atoms with Gasteiger partial charge in [-0.15, -0.1) is 0 Å². The molecule has 128 valence electrons. The van der Waals surface area contributed by atoms with Crippen LogP contribution in [0.5, 0.6) is 11.5 Å². The van der Waals surface area contributed by atoms with E-state index in [2.05, 4.69) is 18.7 Å². The number of hydrogen-bond donors (Lipinski definition) is 0. The monoisotopic (exact) mass is 319 g/mol. The molecule has 23 heavy (non-hydrogen) atoms. The van der Waals surface area contributed by atoms with Crippen LogP contribution in [0.25, 0.3) is 0 Å². The third kappa shape index (κ3) is 5.54. The topological polar surface area (TPSA) is 38.8 Å². The van der Waals surface area contributed by atoms with E-state index in [0.717, 1.165) is 37.5 Å². The molecule has 2 rings (SSSR count). The number of nitrogens with zero attached hydrogens (tertiary/aromatic N) is 1. The summed E-state index contributed by atoms with van der Waals surface area (Å²) in [5.41, 5.74) is 0.600. The van der Waals surface area contributed by atoms with Crippen LogP contribution in [0.15, 0.2) is 18.2 Å². The Morgan fingerprint density at radius 1 is 1.17 bits per heavy atom. The Morgan fingerprint density at radius 2 is 1.91 bits per heavy atom. The van der Waals surface area contributed by atoms with Crippen LogP contribution < -0.4 is 9.47 Å². The number of unbranched alkanes of at least 4 members (excludes halogenated alkanes) is 1. The molecule has 0 spiro atoms. The van der Waals surface area contributed by atoms with Crippen molar-refractivity contribution in [3.05, 3.63) is 23.8 Å². The molecule has 1 aliphatic rings. The lowest BCUT2D eigenvalue weighted by molar-refractivity contribution is 0.112. The highest BCUT2D eigenvalue weighted by atomic mass is 16.5. The lowest BCUT2D eigenvalue weighted by atomic mass is 9.92. The van der Waals surface area contributed by atoms with Gasteiger partial charge < -0.3 is 14.4 Å². The molecule has 0 radical (unpaired) electrons. The first kappa shape index (κ1) is 17.8. The van der Waals surface area contributed by atoms with Crippen molar-refractivity contribution in [1.82, 2.24) is 4.90 Å². The van der Waals surface area contributed by atoms with E-state index in [9.17, 15) is 4.79 Å². The fourth-order valence-corrected chi connectivity index (χ4v) is 3.47. The van der Waals surface area contributed by atoms with Crippen LogP contribution in [-0.4, -0.2) is 44.5 Å². The largest absolute Gasteiger partial charge is 0.493 e. The minimum atomic E-state index is 0.600. The van der Waals surface area contributed by atoms with Crippen LogP contribution in [0, 0.1) is 11.8 Å². The SMILES string of the molecule is COc1cc(C=O)ccc1OCCCCN1C[C@H](C)C[C@@H](C)C1. The average molecular weight is 319 g/mol. The van der Waals surface area contributed by atoms with E-state index in [4.69, 9.17) is 9.47 Å². The van der Waals surface area contributed by atoms with Crippen LogP contribution in [0.4, 0.5) is 0 Å². The van der Waals surface area contributed by atoms with Crippen LogP contribution >= 0.6 is 0 Å². The van der Waals surface area contributed by atoms with E-state index >= 15 is 0 Å². The van der Waals surface area contributed by atoms with Crippen LogP contribution in [0.2, 0.25) is 0 Å². The summed E-state index contributed by atoms with van der Waals surface area (Å²) in [6.45, 7) is 8.98. The zero-order chi connectivity index (χ0) is 16.7. The Morgan fingerprint density at radius 3 is 2.57 bits per heavy atom. The second kappa shape index (κ2) is 8.92. The van der Waals surface area contributed by atoms with E-state index in [1.807, 2.05) is 0 Å². The minimum absolute atomic E-state index is 0.600. The van der Waals surface area contributed by atoms with E-state index in [-0.39, 0.29) is 0 Å². The zero-order valence-corrected chi connectivity index (χ0v) is 14.6. The number of piperidine rings is 1. The molecule has 0 saturated carbocycles. The molecular weight excluding hydrogens is 290 g/mol. The van der Waals surface area contributed by atoms with Crippen molar-refractivity contribution in [3.8, 4) is 11.5 Å².